The number of unbranched alkanes of at least 4 members (excludes halogenated alkanes) is 10. The van der Waals surface area contributed by atoms with Gasteiger partial charge < -0.3 is 9.80 Å². The van der Waals surface area contributed by atoms with Gasteiger partial charge in [-0.1, -0.05) is 71.1 Å². The van der Waals surface area contributed by atoms with Crippen LogP contribution in [0.2, 0.25) is 0 Å². The molecule has 2 saturated heterocycles. The second-order valence-electron chi connectivity index (χ2n) is 9.36. The normalized spacial score (nSPS) is 20.7. The minimum atomic E-state index is 0. The minimum Gasteiger partial charge on any atom is -0.306 e. The molecule has 0 aromatic heterocycles. The molecule has 0 amide bonds. The van der Waals surface area contributed by atoms with Crippen LogP contribution in [0, 0.1) is 11.8 Å². The maximum Gasteiger partial charge on any atom is -0.00160 e. The van der Waals surface area contributed by atoms with E-state index in [1.165, 1.54) is 129 Å². The lowest BCUT2D eigenvalue weighted by molar-refractivity contribution is 0.104. The summed E-state index contributed by atoms with van der Waals surface area (Å²) in [6.07, 6.45) is 21.9. The summed E-state index contributed by atoms with van der Waals surface area (Å²) in [5.74, 6) is 2.08. The Morgan fingerprint density at radius 3 is 1.48 bits per heavy atom. The molecule has 162 valence electrons. The molecule has 27 heavy (non-hydrogen) atoms. The zero-order valence-corrected chi connectivity index (χ0v) is 19.4. The maximum absolute atomic E-state index is 2.76. The zero-order chi connectivity index (χ0) is 18.5. The summed E-state index contributed by atoms with van der Waals surface area (Å²) >= 11 is 0. The van der Waals surface area contributed by atoms with Crippen molar-refractivity contribution in [3.05, 3.63) is 0 Å². The van der Waals surface area contributed by atoms with E-state index in [2.05, 4.69) is 23.8 Å². The van der Waals surface area contributed by atoms with Crippen LogP contribution in [0.1, 0.15) is 103 Å². The van der Waals surface area contributed by atoms with Crippen LogP contribution in [-0.2, 0) is 0 Å². The molecule has 2 fully saturated rings. The highest BCUT2D eigenvalue weighted by molar-refractivity contribution is 5.85. The van der Waals surface area contributed by atoms with E-state index >= 15 is 0 Å². The van der Waals surface area contributed by atoms with Crippen LogP contribution < -0.4 is 0 Å². The van der Waals surface area contributed by atoms with E-state index in [1.54, 1.807) is 0 Å². The fourth-order valence-corrected chi connectivity index (χ4v) is 5.15. The van der Waals surface area contributed by atoms with E-state index in [-0.39, 0.29) is 12.4 Å². The largest absolute Gasteiger partial charge is 0.306 e. The third-order valence-electron chi connectivity index (χ3n) is 7.14. The molecule has 0 unspecified atom stereocenters. The van der Waals surface area contributed by atoms with Gasteiger partial charge in [-0.05, 0) is 83.7 Å². The van der Waals surface area contributed by atoms with Gasteiger partial charge in [0.05, 0.1) is 0 Å². The fourth-order valence-electron chi connectivity index (χ4n) is 5.15. The van der Waals surface area contributed by atoms with Crippen LogP contribution in [0.3, 0.4) is 0 Å². The highest BCUT2D eigenvalue weighted by Crippen LogP contribution is 2.32. The van der Waals surface area contributed by atoms with Crippen LogP contribution in [0.5, 0.6) is 0 Å². The lowest BCUT2D eigenvalue weighted by Crippen LogP contribution is -2.40. The van der Waals surface area contributed by atoms with Crippen molar-refractivity contribution in [2.45, 2.75) is 103 Å². The van der Waals surface area contributed by atoms with Gasteiger partial charge in [0.25, 0.3) is 0 Å². The molecule has 0 N–H and O–H groups in total. The summed E-state index contributed by atoms with van der Waals surface area (Å²) in [6.45, 7) is 9.12. The van der Waals surface area contributed by atoms with Crippen LogP contribution in [-0.4, -0.2) is 49.6 Å². The first-order valence-corrected chi connectivity index (χ1v) is 12.2. The SMILES string of the molecule is CCCCCCCCCCCCCN1CCC(C2CCN(C)CC2)CC1.Cl. The molecule has 0 spiro atoms. The summed E-state index contributed by atoms with van der Waals surface area (Å²) in [7, 11) is 2.28. The molecule has 2 heterocycles. The lowest BCUT2D eigenvalue weighted by Gasteiger charge is -2.39. The van der Waals surface area contributed by atoms with Crippen LogP contribution in [0.4, 0.5) is 0 Å². The molecule has 2 nitrogen and oxygen atoms in total. The van der Waals surface area contributed by atoms with Crippen molar-refractivity contribution in [2.75, 3.05) is 39.8 Å². The van der Waals surface area contributed by atoms with Gasteiger partial charge in [0.1, 0.15) is 0 Å². The number of hydrogen-bond acceptors (Lipinski definition) is 2. The Labute approximate surface area is 177 Å². The van der Waals surface area contributed by atoms with Crippen LogP contribution in [0.15, 0.2) is 0 Å². The van der Waals surface area contributed by atoms with Crippen molar-refractivity contribution < 1.29 is 0 Å². The van der Waals surface area contributed by atoms with E-state index < -0.39 is 0 Å². The third-order valence-corrected chi connectivity index (χ3v) is 7.14. The van der Waals surface area contributed by atoms with Crippen molar-refractivity contribution in [2.24, 2.45) is 11.8 Å². The molecule has 2 aliphatic heterocycles. The van der Waals surface area contributed by atoms with Gasteiger partial charge in [-0.15, -0.1) is 12.4 Å². The Morgan fingerprint density at radius 1 is 0.593 bits per heavy atom. The molecule has 0 bridgehead atoms. The van der Waals surface area contributed by atoms with Gasteiger partial charge in [0.15, 0.2) is 0 Å². The van der Waals surface area contributed by atoms with Gasteiger partial charge in [0.2, 0.25) is 0 Å². The number of halogens is 1. The van der Waals surface area contributed by atoms with Crippen molar-refractivity contribution in [1.82, 2.24) is 9.80 Å². The van der Waals surface area contributed by atoms with E-state index in [4.69, 9.17) is 0 Å². The summed E-state index contributed by atoms with van der Waals surface area (Å²) < 4.78 is 0. The van der Waals surface area contributed by atoms with Crippen LogP contribution >= 0.6 is 12.4 Å². The number of rotatable bonds is 13. The predicted octanol–water partition coefficient (Wildman–Crippen LogP) is 6.77. The second kappa shape index (κ2) is 16.1. The monoisotopic (exact) mass is 400 g/mol. The fraction of sp³-hybridized carbons (Fsp3) is 1.00. The first-order valence-electron chi connectivity index (χ1n) is 12.2. The summed E-state index contributed by atoms with van der Waals surface area (Å²) in [5, 5.41) is 0. The molecule has 0 radical (unpaired) electrons. The molecular formula is C24H49ClN2. The maximum atomic E-state index is 2.76. The van der Waals surface area contributed by atoms with E-state index in [0.29, 0.717) is 0 Å². The summed E-state index contributed by atoms with van der Waals surface area (Å²) in [6, 6.07) is 0. The lowest BCUT2D eigenvalue weighted by atomic mass is 9.79. The van der Waals surface area contributed by atoms with Gasteiger partial charge >= 0.3 is 0 Å². The van der Waals surface area contributed by atoms with E-state index in [1.807, 2.05) is 0 Å². The highest BCUT2D eigenvalue weighted by Gasteiger charge is 2.28. The van der Waals surface area contributed by atoms with Gasteiger partial charge in [-0.25, -0.2) is 0 Å². The Bertz CT molecular complexity index is 320. The van der Waals surface area contributed by atoms with Crippen LogP contribution in [0.25, 0.3) is 0 Å². The Kier molecular flexibility index (Phi) is 15.0. The quantitative estimate of drug-likeness (QED) is 0.314. The number of nitrogens with zero attached hydrogens (tertiary/aromatic N) is 2. The molecule has 2 rings (SSSR count). The van der Waals surface area contributed by atoms with Crippen molar-refractivity contribution in [1.29, 1.82) is 0 Å². The average molecular weight is 401 g/mol. The average Bonchev–Trinajstić information content (AvgIpc) is 2.67. The Balaban J connectivity index is 0.00000364. The molecule has 2 aliphatic rings. The van der Waals surface area contributed by atoms with Gasteiger partial charge in [-0.2, -0.15) is 0 Å². The molecule has 0 aromatic carbocycles. The van der Waals surface area contributed by atoms with Crippen molar-refractivity contribution >= 4 is 12.4 Å². The number of likely N-dealkylation sites (tertiary alicyclic amines) is 2. The zero-order valence-electron chi connectivity index (χ0n) is 18.6. The first kappa shape index (κ1) is 25.2. The molecule has 0 aliphatic carbocycles. The van der Waals surface area contributed by atoms with Crippen molar-refractivity contribution in [3.63, 3.8) is 0 Å². The molecular weight excluding hydrogens is 352 g/mol. The Morgan fingerprint density at radius 2 is 1.00 bits per heavy atom. The minimum absolute atomic E-state index is 0. The van der Waals surface area contributed by atoms with E-state index in [9.17, 15) is 0 Å². The topological polar surface area (TPSA) is 6.48 Å². The first-order chi connectivity index (χ1) is 12.8. The van der Waals surface area contributed by atoms with Gasteiger partial charge in [-0.3, -0.25) is 0 Å². The molecule has 0 saturated carbocycles. The Hall–Kier alpha value is 0.210. The predicted molar refractivity (Wildman–Crippen MR) is 123 cm³/mol. The van der Waals surface area contributed by atoms with Gasteiger partial charge in [0, 0.05) is 0 Å². The number of hydrogen-bond donors (Lipinski definition) is 0. The summed E-state index contributed by atoms with van der Waals surface area (Å²) in [4.78, 5) is 5.28. The standard InChI is InChI=1S/C24H48N2.ClH/c1-3-4-5-6-7-8-9-10-11-12-13-18-26-21-16-24(17-22-26)23-14-19-25(2)20-15-23;/h23-24H,3-22H2,1-2H3;1H. The smallest absolute Gasteiger partial charge is 0.00160 e. The second-order valence-corrected chi connectivity index (χ2v) is 9.36. The highest BCUT2D eigenvalue weighted by atomic mass is 35.5. The third kappa shape index (κ3) is 11.1. The molecule has 3 heteroatoms. The molecule has 0 aromatic rings. The summed E-state index contributed by atoms with van der Waals surface area (Å²) in [5.41, 5.74) is 0. The number of piperidine rings is 2. The van der Waals surface area contributed by atoms with Crippen molar-refractivity contribution in [3.8, 4) is 0 Å². The molecule has 0 atom stereocenters. The van der Waals surface area contributed by atoms with E-state index in [0.717, 1.165) is 11.8 Å².